The van der Waals surface area contributed by atoms with E-state index in [1.807, 2.05) is 25.1 Å². The Kier molecular flexibility index (Phi) is 6.71. The number of nitrogens with one attached hydrogen (secondary N) is 1. The van der Waals surface area contributed by atoms with Crippen molar-refractivity contribution in [1.29, 1.82) is 0 Å². The van der Waals surface area contributed by atoms with Crippen LogP contribution in [0.5, 0.6) is 0 Å². The van der Waals surface area contributed by atoms with Crippen LogP contribution in [-0.4, -0.2) is 70.5 Å². The van der Waals surface area contributed by atoms with Crippen molar-refractivity contribution in [2.45, 2.75) is 11.8 Å². The summed E-state index contributed by atoms with van der Waals surface area (Å²) >= 11 is 0. The Morgan fingerprint density at radius 2 is 1.79 bits per heavy atom. The zero-order chi connectivity index (χ0) is 20.9. The number of carbonyl (C=O) groups is 1. The monoisotopic (exact) mass is 417 g/mol. The summed E-state index contributed by atoms with van der Waals surface area (Å²) in [6.07, 6.45) is 1.42. The van der Waals surface area contributed by atoms with E-state index in [0.717, 1.165) is 32.0 Å². The van der Waals surface area contributed by atoms with E-state index in [2.05, 4.69) is 20.1 Å². The number of aromatic nitrogens is 1. The predicted molar refractivity (Wildman–Crippen MR) is 114 cm³/mol. The van der Waals surface area contributed by atoms with Crippen LogP contribution < -0.4 is 14.5 Å². The first kappa shape index (κ1) is 21.1. The molecule has 0 bridgehead atoms. The van der Waals surface area contributed by atoms with Gasteiger partial charge in [-0.25, -0.2) is 13.4 Å². The molecule has 29 heavy (non-hydrogen) atoms. The topological polar surface area (TPSA) is 85.9 Å². The fraction of sp³-hybridized carbons (Fsp3) is 0.400. The minimum Gasteiger partial charge on any atom is -0.358 e. The molecule has 0 saturated carbocycles. The molecule has 9 heteroatoms. The molecule has 1 N–H and O–H groups in total. The number of benzene rings is 1. The number of rotatable bonds is 7. The lowest BCUT2D eigenvalue weighted by atomic mass is 10.3. The summed E-state index contributed by atoms with van der Waals surface area (Å²) in [5.41, 5.74) is 0.631. The number of amides is 1. The van der Waals surface area contributed by atoms with E-state index >= 15 is 0 Å². The lowest BCUT2D eigenvalue weighted by molar-refractivity contribution is -0.121. The summed E-state index contributed by atoms with van der Waals surface area (Å²) in [6.45, 7) is 5.52. The van der Waals surface area contributed by atoms with E-state index in [-0.39, 0.29) is 10.8 Å². The Morgan fingerprint density at radius 1 is 1.10 bits per heavy atom. The standard InChI is InChI=1S/C20H27N5O3S/c1-3-25(17-7-5-4-6-8-17)29(27,28)18-9-10-19(22-15-18)24-13-11-23(12-14-24)16-20(26)21-2/h4-10,15H,3,11-14,16H2,1-2H3,(H,21,26). The van der Waals surface area contributed by atoms with Crippen molar-refractivity contribution in [3.05, 3.63) is 48.7 Å². The Labute approximate surface area is 172 Å². The molecule has 8 nitrogen and oxygen atoms in total. The van der Waals surface area contributed by atoms with Crippen molar-refractivity contribution < 1.29 is 13.2 Å². The normalized spacial score (nSPS) is 15.2. The first-order valence-electron chi connectivity index (χ1n) is 9.67. The van der Waals surface area contributed by atoms with Gasteiger partial charge in [0.25, 0.3) is 10.0 Å². The second kappa shape index (κ2) is 9.23. The van der Waals surface area contributed by atoms with Gasteiger partial charge < -0.3 is 10.2 Å². The first-order chi connectivity index (χ1) is 14.0. The number of carbonyl (C=O) groups excluding carboxylic acids is 1. The number of likely N-dealkylation sites (N-methyl/N-ethyl adjacent to an activating group) is 1. The maximum atomic E-state index is 13.1. The van der Waals surface area contributed by atoms with Gasteiger partial charge in [-0.05, 0) is 31.2 Å². The molecule has 1 amide bonds. The molecule has 1 aliphatic rings. The number of anilines is 2. The zero-order valence-electron chi connectivity index (χ0n) is 16.8. The van der Waals surface area contributed by atoms with E-state index in [1.165, 1.54) is 10.5 Å². The second-order valence-electron chi connectivity index (χ2n) is 6.79. The fourth-order valence-corrected chi connectivity index (χ4v) is 4.76. The van der Waals surface area contributed by atoms with Crippen LogP contribution >= 0.6 is 0 Å². The summed E-state index contributed by atoms with van der Waals surface area (Å²) in [6, 6.07) is 12.4. The molecular formula is C20H27N5O3S. The lowest BCUT2D eigenvalue weighted by Gasteiger charge is -2.35. The number of sulfonamides is 1. The van der Waals surface area contributed by atoms with E-state index in [9.17, 15) is 13.2 Å². The number of hydrogen-bond donors (Lipinski definition) is 1. The molecule has 1 aliphatic heterocycles. The summed E-state index contributed by atoms with van der Waals surface area (Å²) in [5.74, 6) is 0.747. The van der Waals surface area contributed by atoms with Crippen LogP contribution in [0.4, 0.5) is 11.5 Å². The van der Waals surface area contributed by atoms with Gasteiger partial charge >= 0.3 is 0 Å². The molecule has 156 valence electrons. The molecule has 1 fully saturated rings. The largest absolute Gasteiger partial charge is 0.358 e. The van der Waals surface area contributed by atoms with Gasteiger partial charge in [-0.1, -0.05) is 18.2 Å². The molecule has 3 rings (SSSR count). The molecule has 2 aromatic rings. The van der Waals surface area contributed by atoms with Crippen LogP contribution in [0.1, 0.15) is 6.92 Å². The molecule has 0 unspecified atom stereocenters. The van der Waals surface area contributed by atoms with Gasteiger partial charge in [-0.2, -0.15) is 0 Å². The van der Waals surface area contributed by atoms with Gasteiger partial charge in [0.1, 0.15) is 10.7 Å². The lowest BCUT2D eigenvalue weighted by Crippen LogP contribution is -2.49. The van der Waals surface area contributed by atoms with Crippen molar-refractivity contribution >= 4 is 27.4 Å². The summed E-state index contributed by atoms with van der Waals surface area (Å²) in [7, 11) is -2.04. The number of hydrogen-bond acceptors (Lipinski definition) is 6. The Bertz CT molecular complexity index is 911. The average Bonchev–Trinajstić information content (AvgIpc) is 2.75. The molecule has 1 saturated heterocycles. The average molecular weight is 418 g/mol. The number of para-hydroxylation sites is 1. The number of piperazine rings is 1. The summed E-state index contributed by atoms with van der Waals surface area (Å²) in [4.78, 5) is 20.3. The smallest absolute Gasteiger partial charge is 0.265 e. The Hall–Kier alpha value is -2.65. The van der Waals surface area contributed by atoms with Gasteiger partial charge in [0.2, 0.25) is 5.91 Å². The number of pyridine rings is 1. The molecule has 1 aromatic heterocycles. The molecule has 1 aromatic carbocycles. The maximum absolute atomic E-state index is 13.1. The van der Waals surface area contributed by atoms with E-state index in [0.29, 0.717) is 18.8 Å². The quantitative estimate of drug-likeness (QED) is 0.728. The van der Waals surface area contributed by atoms with Crippen LogP contribution in [0, 0.1) is 0 Å². The van der Waals surface area contributed by atoms with Gasteiger partial charge in [-0.3, -0.25) is 14.0 Å². The fourth-order valence-electron chi connectivity index (χ4n) is 3.34. The molecule has 0 atom stereocenters. The SMILES string of the molecule is CCN(c1ccccc1)S(=O)(=O)c1ccc(N2CCN(CC(=O)NC)CC2)nc1. The minimum atomic E-state index is -3.68. The van der Waals surface area contributed by atoms with Crippen LogP contribution in [-0.2, 0) is 14.8 Å². The van der Waals surface area contributed by atoms with Crippen molar-refractivity contribution in [3.8, 4) is 0 Å². The third kappa shape index (κ3) is 4.86. The zero-order valence-corrected chi connectivity index (χ0v) is 17.6. The highest BCUT2D eigenvalue weighted by Crippen LogP contribution is 2.24. The van der Waals surface area contributed by atoms with Crippen LogP contribution in [0.15, 0.2) is 53.6 Å². The Balaban J connectivity index is 1.69. The van der Waals surface area contributed by atoms with Crippen molar-refractivity contribution in [1.82, 2.24) is 15.2 Å². The minimum absolute atomic E-state index is 0.00466. The highest BCUT2D eigenvalue weighted by atomic mass is 32.2. The van der Waals surface area contributed by atoms with Crippen LogP contribution in [0.2, 0.25) is 0 Å². The highest BCUT2D eigenvalue weighted by molar-refractivity contribution is 7.92. The predicted octanol–water partition coefficient (Wildman–Crippen LogP) is 1.16. The van der Waals surface area contributed by atoms with Crippen molar-refractivity contribution in [3.63, 3.8) is 0 Å². The van der Waals surface area contributed by atoms with E-state index in [1.54, 1.807) is 31.3 Å². The third-order valence-electron chi connectivity index (χ3n) is 4.98. The van der Waals surface area contributed by atoms with Gasteiger partial charge in [-0.15, -0.1) is 0 Å². The van der Waals surface area contributed by atoms with Gasteiger partial charge in [0.05, 0.1) is 12.2 Å². The first-order valence-corrected chi connectivity index (χ1v) is 11.1. The van der Waals surface area contributed by atoms with E-state index < -0.39 is 10.0 Å². The maximum Gasteiger partial charge on any atom is 0.265 e. The van der Waals surface area contributed by atoms with Gasteiger partial charge in [0, 0.05) is 46.0 Å². The highest BCUT2D eigenvalue weighted by Gasteiger charge is 2.25. The van der Waals surface area contributed by atoms with Crippen molar-refractivity contribution in [2.24, 2.45) is 0 Å². The molecule has 0 spiro atoms. The van der Waals surface area contributed by atoms with Gasteiger partial charge in [0.15, 0.2) is 0 Å². The summed E-state index contributed by atoms with van der Waals surface area (Å²) in [5, 5.41) is 2.63. The summed E-state index contributed by atoms with van der Waals surface area (Å²) < 4.78 is 27.5. The van der Waals surface area contributed by atoms with Crippen molar-refractivity contribution in [2.75, 3.05) is 55.5 Å². The molecule has 0 aliphatic carbocycles. The number of nitrogens with zero attached hydrogens (tertiary/aromatic N) is 4. The van der Waals surface area contributed by atoms with E-state index in [4.69, 9.17) is 0 Å². The van der Waals surface area contributed by atoms with Crippen LogP contribution in [0.25, 0.3) is 0 Å². The van der Waals surface area contributed by atoms with Crippen LogP contribution in [0.3, 0.4) is 0 Å². The molecule has 0 radical (unpaired) electrons. The molecule has 2 heterocycles. The Morgan fingerprint density at radius 3 is 2.34 bits per heavy atom. The third-order valence-corrected chi connectivity index (χ3v) is 6.87. The second-order valence-corrected chi connectivity index (χ2v) is 8.66. The molecular weight excluding hydrogens is 390 g/mol.